The molecule has 0 N–H and O–H groups in total. The predicted octanol–water partition coefficient (Wildman–Crippen LogP) is 0.490. The van der Waals surface area contributed by atoms with Crippen molar-refractivity contribution in [2.24, 2.45) is 4.99 Å². The molecule has 0 aliphatic carbocycles. The zero-order valence-electron chi connectivity index (χ0n) is 8.24. The first-order valence-electron chi connectivity index (χ1n) is 4.78. The van der Waals surface area contributed by atoms with Gasteiger partial charge in [0.25, 0.3) is 0 Å². The van der Waals surface area contributed by atoms with Gasteiger partial charge >= 0.3 is 0 Å². The minimum Gasteiger partial charge on any atom is -0.297 e. The second-order valence-corrected chi connectivity index (χ2v) is 3.39. The molecule has 0 bridgehead atoms. The van der Waals surface area contributed by atoms with E-state index in [2.05, 4.69) is 20.5 Å². The van der Waals surface area contributed by atoms with Crippen molar-refractivity contribution in [2.45, 2.75) is 6.42 Å². The highest BCUT2D eigenvalue weighted by Crippen LogP contribution is 2.25. The van der Waals surface area contributed by atoms with Gasteiger partial charge in [-0.3, -0.25) is 4.79 Å². The van der Waals surface area contributed by atoms with Crippen LogP contribution in [-0.4, -0.2) is 32.2 Å². The summed E-state index contributed by atoms with van der Waals surface area (Å²) in [6.07, 6.45) is 1.09. The van der Waals surface area contributed by atoms with Crippen LogP contribution in [0.15, 0.2) is 29.3 Å². The van der Waals surface area contributed by atoms with Gasteiger partial charge in [0.15, 0.2) is 12.1 Å². The lowest BCUT2D eigenvalue weighted by Crippen LogP contribution is -2.07. The fourth-order valence-corrected chi connectivity index (χ4v) is 1.67. The van der Waals surface area contributed by atoms with Crippen LogP contribution < -0.4 is 0 Å². The van der Waals surface area contributed by atoms with Gasteiger partial charge in [-0.1, -0.05) is 12.1 Å². The number of hydrogen-bond acceptors (Lipinski definition) is 5. The molecule has 0 radical (unpaired) electrons. The minimum absolute atomic E-state index is 0.352. The third-order valence-electron chi connectivity index (χ3n) is 2.38. The molecule has 0 amide bonds. The van der Waals surface area contributed by atoms with Crippen molar-refractivity contribution in [3.63, 3.8) is 0 Å². The molecule has 1 aliphatic rings. The van der Waals surface area contributed by atoms with Gasteiger partial charge in [-0.25, -0.2) is 4.99 Å². The Morgan fingerprint density at radius 2 is 2.19 bits per heavy atom. The van der Waals surface area contributed by atoms with Crippen LogP contribution in [0.3, 0.4) is 0 Å². The summed E-state index contributed by atoms with van der Waals surface area (Å²) in [6.45, 7) is 0. The van der Waals surface area contributed by atoms with Crippen molar-refractivity contribution in [2.75, 3.05) is 0 Å². The normalized spacial score (nSPS) is 13.4. The standard InChI is InChI=1S/C10H7N5O/c16-6-7-5-10-12-13-14-15(10)9-4-2-1-3-8(9)11-7/h1-4,6H,5H2. The monoisotopic (exact) mass is 213 g/mol. The topological polar surface area (TPSA) is 73.0 Å². The van der Waals surface area contributed by atoms with Crippen LogP contribution in [-0.2, 0) is 11.2 Å². The van der Waals surface area contributed by atoms with Gasteiger partial charge in [-0.2, -0.15) is 4.68 Å². The summed E-state index contributed by atoms with van der Waals surface area (Å²) < 4.78 is 1.61. The van der Waals surface area contributed by atoms with Crippen molar-refractivity contribution < 1.29 is 4.79 Å². The van der Waals surface area contributed by atoms with Crippen molar-refractivity contribution >= 4 is 17.7 Å². The number of nitrogens with zero attached hydrogens (tertiary/aromatic N) is 5. The van der Waals surface area contributed by atoms with Gasteiger partial charge in [0, 0.05) is 0 Å². The van der Waals surface area contributed by atoms with Crippen LogP contribution in [0.1, 0.15) is 5.82 Å². The van der Waals surface area contributed by atoms with Gasteiger partial charge < -0.3 is 0 Å². The van der Waals surface area contributed by atoms with E-state index in [0.717, 1.165) is 12.0 Å². The van der Waals surface area contributed by atoms with E-state index in [-0.39, 0.29) is 0 Å². The van der Waals surface area contributed by atoms with Crippen LogP contribution in [0, 0.1) is 0 Å². The van der Waals surface area contributed by atoms with E-state index >= 15 is 0 Å². The Kier molecular flexibility index (Phi) is 1.86. The zero-order valence-corrected chi connectivity index (χ0v) is 8.24. The molecule has 1 aromatic heterocycles. The average molecular weight is 213 g/mol. The first-order chi connectivity index (χ1) is 7.88. The lowest BCUT2D eigenvalue weighted by Gasteiger charge is -2.02. The Labute approximate surface area is 90.6 Å². The van der Waals surface area contributed by atoms with Crippen LogP contribution in [0.25, 0.3) is 5.69 Å². The molecule has 1 aromatic carbocycles. The number of fused-ring (bicyclic) bond motifs is 3. The Balaban J connectivity index is 2.31. The molecular formula is C10H7N5O. The summed E-state index contributed by atoms with van der Waals surface area (Å²) in [7, 11) is 0. The Morgan fingerprint density at radius 3 is 3.06 bits per heavy atom. The summed E-state index contributed by atoms with van der Waals surface area (Å²) in [6, 6.07) is 7.44. The molecule has 6 heteroatoms. The maximum absolute atomic E-state index is 10.8. The van der Waals surface area contributed by atoms with E-state index in [4.69, 9.17) is 0 Å². The summed E-state index contributed by atoms with van der Waals surface area (Å²) in [5, 5.41) is 11.4. The second kappa shape index (κ2) is 3.34. The van der Waals surface area contributed by atoms with Crippen LogP contribution in [0.5, 0.6) is 0 Å². The van der Waals surface area contributed by atoms with Gasteiger partial charge in [0.2, 0.25) is 0 Å². The number of rotatable bonds is 1. The summed E-state index contributed by atoms with van der Waals surface area (Å²) >= 11 is 0. The molecule has 0 spiro atoms. The van der Waals surface area contributed by atoms with Gasteiger partial charge in [0.05, 0.1) is 23.5 Å². The van der Waals surface area contributed by atoms with Crippen LogP contribution >= 0.6 is 0 Å². The maximum Gasteiger partial charge on any atom is 0.164 e. The van der Waals surface area contributed by atoms with Crippen LogP contribution in [0.2, 0.25) is 0 Å². The van der Waals surface area contributed by atoms with E-state index in [1.165, 1.54) is 0 Å². The van der Waals surface area contributed by atoms with Crippen molar-refractivity contribution in [1.82, 2.24) is 20.2 Å². The summed E-state index contributed by atoms with van der Waals surface area (Å²) in [4.78, 5) is 15.1. The molecule has 6 nitrogen and oxygen atoms in total. The van der Waals surface area contributed by atoms with Gasteiger partial charge in [0.1, 0.15) is 0 Å². The van der Waals surface area contributed by atoms with Crippen LogP contribution in [0.4, 0.5) is 5.69 Å². The lowest BCUT2D eigenvalue weighted by molar-refractivity contribution is -0.102. The second-order valence-electron chi connectivity index (χ2n) is 3.39. The molecule has 0 saturated heterocycles. The van der Waals surface area contributed by atoms with E-state index in [9.17, 15) is 4.79 Å². The average Bonchev–Trinajstić information content (AvgIpc) is 2.71. The first kappa shape index (κ1) is 8.90. The smallest absolute Gasteiger partial charge is 0.164 e. The lowest BCUT2D eigenvalue weighted by atomic mass is 10.3. The SMILES string of the molecule is O=CC1=Nc2ccccc2-n2nnnc2C1. The quantitative estimate of drug-likeness (QED) is 0.646. The highest BCUT2D eigenvalue weighted by molar-refractivity contribution is 6.29. The molecule has 2 heterocycles. The molecule has 0 saturated carbocycles. The summed E-state index contributed by atoms with van der Waals surface area (Å²) in [5.41, 5.74) is 1.93. The third kappa shape index (κ3) is 1.23. The zero-order chi connectivity index (χ0) is 11.0. The van der Waals surface area contributed by atoms with Crippen molar-refractivity contribution in [1.29, 1.82) is 0 Å². The van der Waals surface area contributed by atoms with E-state index in [1.807, 2.05) is 24.3 Å². The Morgan fingerprint density at radius 1 is 1.31 bits per heavy atom. The van der Waals surface area contributed by atoms with E-state index < -0.39 is 0 Å². The largest absolute Gasteiger partial charge is 0.297 e. The fourth-order valence-electron chi connectivity index (χ4n) is 1.67. The minimum atomic E-state index is 0.352. The molecular weight excluding hydrogens is 206 g/mol. The maximum atomic E-state index is 10.8. The van der Waals surface area contributed by atoms with Crippen molar-refractivity contribution in [3.05, 3.63) is 30.1 Å². The number of aliphatic imine (C=N–C) groups is 1. The summed E-state index contributed by atoms with van der Waals surface area (Å²) in [5.74, 6) is 0.621. The van der Waals surface area contributed by atoms with E-state index in [0.29, 0.717) is 23.6 Å². The number of carbonyl (C=O) groups excluding carboxylic acids is 1. The number of tetrazole rings is 1. The number of para-hydroxylation sites is 2. The number of aldehydes is 1. The molecule has 16 heavy (non-hydrogen) atoms. The number of carbonyl (C=O) groups is 1. The Bertz CT molecular complexity index is 586. The van der Waals surface area contributed by atoms with E-state index in [1.54, 1.807) is 4.68 Å². The first-order valence-corrected chi connectivity index (χ1v) is 4.78. The fraction of sp³-hybridized carbons (Fsp3) is 0.100. The van der Waals surface area contributed by atoms with Gasteiger partial charge in [-0.15, -0.1) is 5.10 Å². The molecule has 0 atom stereocenters. The highest BCUT2D eigenvalue weighted by atomic mass is 16.1. The number of hydrogen-bond donors (Lipinski definition) is 0. The van der Waals surface area contributed by atoms with Gasteiger partial charge in [-0.05, 0) is 22.6 Å². The molecule has 2 aromatic rings. The van der Waals surface area contributed by atoms with Crippen molar-refractivity contribution in [3.8, 4) is 5.69 Å². The number of benzene rings is 1. The number of aromatic nitrogens is 4. The highest BCUT2D eigenvalue weighted by Gasteiger charge is 2.17. The third-order valence-corrected chi connectivity index (χ3v) is 2.38. The Hall–Kier alpha value is -2.37. The molecule has 78 valence electrons. The molecule has 0 fully saturated rings. The molecule has 3 rings (SSSR count). The molecule has 0 unspecified atom stereocenters. The molecule has 1 aliphatic heterocycles. The predicted molar refractivity (Wildman–Crippen MR) is 56.0 cm³/mol.